The summed E-state index contributed by atoms with van der Waals surface area (Å²) >= 11 is 0. The lowest BCUT2D eigenvalue weighted by atomic mass is 10.1. The Hall–Kier alpha value is -3.72. The zero-order valence-corrected chi connectivity index (χ0v) is 21.0. The number of nitro groups is 1. The van der Waals surface area contributed by atoms with Gasteiger partial charge < -0.3 is 14.7 Å². The van der Waals surface area contributed by atoms with E-state index in [9.17, 15) is 10.1 Å². The summed E-state index contributed by atoms with van der Waals surface area (Å²) < 4.78 is 0. The molecule has 0 unspecified atom stereocenters. The lowest BCUT2D eigenvalue weighted by molar-refractivity contribution is -0.383. The molecule has 9 nitrogen and oxygen atoms in total. The second-order valence-electron chi connectivity index (χ2n) is 9.59. The third-order valence-electron chi connectivity index (χ3n) is 7.22. The first-order valence-corrected chi connectivity index (χ1v) is 12.6. The van der Waals surface area contributed by atoms with Crippen LogP contribution in [0.1, 0.15) is 16.7 Å². The Kier molecular flexibility index (Phi) is 6.99. The lowest BCUT2D eigenvalue weighted by Gasteiger charge is -2.38. The molecule has 0 bridgehead atoms. The van der Waals surface area contributed by atoms with E-state index in [4.69, 9.17) is 0 Å². The average molecular weight is 488 g/mol. The number of aryl methyl sites for hydroxylation is 2. The van der Waals surface area contributed by atoms with Crippen LogP contribution in [0.2, 0.25) is 0 Å². The third kappa shape index (κ3) is 4.97. The van der Waals surface area contributed by atoms with Crippen molar-refractivity contribution in [3.05, 3.63) is 81.7 Å². The molecule has 1 aromatic heterocycles. The third-order valence-corrected chi connectivity index (χ3v) is 7.22. The molecule has 2 fully saturated rings. The van der Waals surface area contributed by atoms with Gasteiger partial charge in [-0.1, -0.05) is 48.5 Å². The topological polar surface area (TPSA) is 81.9 Å². The van der Waals surface area contributed by atoms with Gasteiger partial charge in [-0.2, -0.15) is 0 Å². The molecule has 0 atom stereocenters. The summed E-state index contributed by atoms with van der Waals surface area (Å²) in [6, 6.07) is 16.8. The van der Waals surface area contributed by atoms with Crippen LogP contribution in [0.5, 0.6) is 0 Å². The van der Waals surface area contributed by atoms with Crippen molar-refractivity contribution in [2.24, 2.45) is 0 Å². The van der Waals surface area contributed by atoms with Gasteiger partial charge in [0.15, 0.2) is 0 Å². The minimum atomic E-state index is -0.307. The van der Waals surface area contributed by atoms with Gasteiger partial charge in [-0.25, -0.2) is 9.97 Å². The molecule has 3 heterocycles. The molecule has 2 saturated heterocycles. The highest BCUT2D eigenvalue weighted by Gasteiger charge is 2.33. The van der Waals surface area contributed by atoms with Crippen LogP contribution < -0.4 is 14.7 Å². The van der Waals surface area contributed by atoms with Crippen molar-refractivity contribution in [2.45, 2.75) is 20.4 Å². The predicted octanol–water partition coefficient (Wildman–Crippen LogP) is 3.65. The van der Waals surface area contributed by atoms with Crippen LogP contribution >= 0.6 is 0 Å². The average Bonchev–Trinajstić information content (AvgIpc) is 2.89. The van der Waals surface area contributed by atoms with Crippen molar-refractivity contribution in [2.75, 3.05) is 67.1 Å². The molecule has 2 aliphatic rings. The van der Waals surface area contributed by atoms with Gasteiger partial charge in [-0.15, -0.1) is 0 Å². The van der Waals surface area contributed by atoms with Gasteiger partial charge in [-0.3, -0.25) is 15.0 Å². The van der Waals surface area contributed by atoms with Crippen LogP contribution in [-0.2, 0) is 6.54 Å². The molecule has 0 aliphatic carbocycles. The number of rotatable bonds is 6. The minimum Gasteiger partial charge on any atom is -0.368 e. The second-order valence-corrected chi connectivity index (χ2v) is 9.59. The largest absolute Gasteiger partial charge is 0.368 e. The summed E-state index contributed by atoms with van der Waals surface area (Å²) in [6.07, 6.45) is 1.48. The van der Waals surface area contributed by atoms with Crippen LogP contribution in [0.3, 0.4) is 0 Å². The van der Waals surface area contributed by atoms with Gasteiger partial charge in [0.25, 0.3) is 0 Å². The van der Waals surface area contributed by atoms with Crippen LogP contribution in [0.15, 0.2) is 54.9 Å². The fraction of sp³-hybridized carbons (Fsp3) is 0.407. The van der Waals surface area contributed by atoms with E-state index in [0.717, 1.165) is 32.7 Å². The number of para-hydroxylation sites is 1. The smallest absolute Gasteiger partial charge is 0.353 e. The normalized spacial score (nSPS) is 16.9. The quantitative estimate of drug-likeness (QED) is 0.385. The summed E-state index contributed by atoms with van der Waals surface area (Å²) in [4.78, 5) is 29.6. The summed E-state index contributed by atoms with van der Waals surface area (Å²) in [7, 11) is 0. The summed E-state index contributed by atoms with van der Waals surface area (Å²) in [5.41, 5.74) is 5.08. The molecular weight excluding hydrogens is 454 g/mol. The van der Waals surface area contributed by atoms with E-state index in [1.165, 1.54) is 28.7 Å². The summed E-state index contributed by atoms with van der Waals surface area (Å²) in [5, 5.41) is 12.3. The van der Waals surface area contributed by atoms with Gasteiger partial charge in [0.05, 0.1) is 4.92 Å². The van der Waals surface area contributed by atoms with Gasteiger partial charge in [0.1, 0.15) is 6.33 Å². The van der Waals surface area contributed by atoms with Crippen LogP contribution in [0.25, 0.3) is 0 Å². The highest BCUT2D eigenvalue weighted by Crippen LogP contribution is 2.36. The van der Waals surface area contributed by atoms with E-state index in [0.29, 0.717) is 37.8 Å². The SMILES string of the molecule is Cc1cccc(C)c1N1CCN(c2ncnc(N3CCN(Cc4ccccc4)CC3)c2[N+](=O)[O-])CC1. The molecule has 2 aliphatic heterocycles. The molecule has 3 aromatic rings. The summed E-state index contributed by atoms with van der Waals surface area (Å²) in [5.74, 6) is 0.861. The lowest BCUT2D eigenvalue weighted by Crippen LogP contribution is -2.48. The van der Waals surface area contributed by atoms with Gasteiger partial charge >= 0.3 is 5.69 Å². The van der Waals surface area contributed by atoms with E-state index in [1.54, 1.807) is 0 Å². The minimum absolute atomic E-state index is 0.0227. The number of benzene rings is 2. The zero-order valence-electron chi connectivity index (χ0n) is 21.0. The maximum absolute atomic E-state index is 12.3. The van der Waals surface area contributed by atoms with Crippen molar-refractivity contribution in [3.63, 3.8) is 0 Å². The molecule has 0 amide bonds. The monoisotopic (exact) mass is 487 g/mol. The number of hydrogen-bond donors (Lipinski definition) is 0. The molecule has 2 aromatic carbocycles. The predicted molar refractivity (Wildman–Crippen MR) is 143 cm³/mol. The van der Waals surface area contributed by atoms with Crippen molar-refractivity contribution in [1.82, 2.24) is 14.9 Å². The number of nitrogens with zero attached hydrogens (tertiary/aromatic N) is 7. The van der Waals surface area contributed by atoms with Crippen molar-refractivity contribution < 1.29 is 4.92 Å². The molecule has 188 valence electrons. The Morgan fingerprint density at radius 1 is 0.750 bits per heavy atom. The maximum atomic E-state index is 12.3. The maximum Gasteiger partial charge on any atom is 0.353 e. The van der Waals surface area contributed by atoms with Gasteiger partial charge in [0, 0.05) is 64.6 Å². The Bertz CT molecular complexity index is 1180. The Morgan fingerprint density at radius 2 is 1.28 bits per heavy atom. The Morgan fingerprint density at radius 3 is 1.83 bits per heavy atom. The molecule has 5 rings (SSSR count). The molecule has 0 radical (unpaired) electrons. The molecule has 0 spiro atoms. The fourth-order valence-electron chi connectivity index (χ4n) is 5.39. The Balaban J connectivity index is 1.29. The van der Waals surface area contributed by atoms with E-state index in [-0.39, 0.29) is 10.6 Å². The van der Waals surface area contributed by atoms with E-state index < -0.39 is 0 Å². The number of piperazine rings is 2. The van der Waals surface area contributed by atoms with Crippen LogP contribution in [-0.4, -0.2) is 72.1 Å². The standard InChI is InChI=1S/C27H33N7O2/c1-21-7-6-8-22(2)24(21)31-15-17-33(18-16-31)27-25(34(35)36)26(28-20-29-27)32-13-11-30(12-14-32)19-23-9-4-3-5-10-23/h3-10,20H,11-19H2,1-2H3. The molecule has 0 saturated carbocycles. The molecular formula is C27H33N7O2. The molecule has 36 heavy (non-hydrogen) atoms. The first-order chi connectivity index (χ1) is 17.5. The van der Waals surface area contributed by atoms with Crippen molar-refractivity contribution in [3.8, 4) is 0 Å². The van der Waals surface area contributed by atoms with E-state index >= 15 is 0 Å². The first-order valence-electron chi connectivity index (χ1n) is 12.6. The highest BCUT2D eigenvalue weighted by atomic mass is 16.6. The van der Waals surface area contributed by atoms with Crippen LogP contribution in [0.4, 0.5) is 23.0 Å². The van der Waals surface area contributed by atoms with Crippen molar-refractivity contribution >= 4 is 23.0 Å². The van der Waals surface area contributed by atoms with Gasteiger partial charge in [-0.05, 0) is 30.5 Å². The van der Waals surface area contributed by atoms with Gasteiger partial charge in [0.2, 0.25) is 11.6 Å². The first kappa shape index (κ1) is 24.0. The van der Waals surface area contributed by atoms with Crippen LogP contribution in [0, 0.1) is 24.0 Å². The number of anilines is 3. The molecule has 9 heteroatoms. The Labute approximate surface area is 212 Å². The van der Waals surface area contributed by atoms with Crippen molar-refractivity contribution in [1.29, 1.82) is 0 Å². The summed E-state index contributed by atoms with van der Waals surface area (Å²) in [6.45, 7) is 11.2. The second kappa shape index (κ2) is 10.5. The van der Waals surface area contributed by atoms with E-state index in [2.05, 4.69) is 76.1 Å². The highest BCUT2D eigenvalue weighted by molar-refractivity contribution is 5.72. The fourth-order valence-corrected chi connectivity index (χ4v) is 5.39. The number of aromatic nitrogens is 2. The van der Waals surface area contributed by atoms with E-state index in [1.807, 2.05) is 15.9 Å². The number of hydrogen-bond acceptors (Lipinski definition) is 8. The zero-order chi connectivity index (χ0) is 25.1. The molecule has 0 N–H and O–H groups in total.